The van der Waals surface area contributed by atoms with Crippen LogP contribution in [0.5, 0.6) is 0 Å². The fraction of sp³-hybridized carbons (Fsp3) is 0.538. The zero-order valence-electron chi connectivity index (χ0n) is 9.55. The van der Waals surface area contributed by atoms with Crippen LogP contribution in [0.25, 0.3) is 0 Å². The first-order chi connectivity index (χ1) is 7.65. The Morgan fingerprint density at radius 1 is 1.50 bits per heavy atom. The maximum atomic E-state index is 13.6. The van der Waals surface area contributed by atoms with Crippen LogP contribution in [0.3, 0.4) is 0 Å². The SMILES string of the molecule is C[C@@H]1CCCN(Cc2ccc(Br)cc2F)C1. The highest BCUT2D eigenvalue weighted by Gasteiger charge is 2.17. The van der Waals surface area contributed by atoms with Gasteiger partial charge in [0.1, 0.15) is 5.82 Å². The standard InChI is InChI=1S/C13H17BrFN/c1-10-3-2-6-16(8-10)9-11-4-5-12(14)7-13(11)15/h4-5,7,10H,2-3,6,8-9H2,1H3/t10-/m1/s1. The van der Waals surface area contributed by atoms with Crippen LogP contribution >= 0.6 is 15.9 Å². The zero-order valence-corrected chi connectivity index (χ0v) is 11.1. The Kier molecular flexibility index (Phi) is 3.98. The normalized spacial score (nSPS) is 22.3. The number of likely N-dealkylation sites (tertiary alicyclic amines) is 1. The summed E-state index contributed by atoms with van der Waals surface area (Å²) >= 11 is 3.28. The zero-order chi connectivity index (χ0) is 11.5. The van der Waals surface area contributed by atoms with Crippen LogP contribution in [0.1, 0.15) is 25.3 Å². The predicted octanol–water partition coefficient (Wildman–Crippen LogP) is 3.82. The summed E-state index contributed by atoms with van der Waals surface area (Å²) in [6.07, 6.45) is 2.54. The molecular formula is C13H17BrFN. The largest absolute Gasteiger partial charge is 0.299 e. The Bertz CT molecular complexity index is 367. The molecule has 1 aromatic rings. The number of hydrogen-bond donors (Lipinski definition) is 0. The second-order valence-corrected chi connectivity index (χ2v) is 5.63. The first-order valence-corrected chi connectivity index (χ1v) is 6.61. The van der Waals surface area contributed by atoms with Gasteiger partial charge in [-0.25, -0.2) is 4.39 Å². The molecule has 88 valence electrons. The van der Waals surface area contributed by atoms with E-state index in [-0.39, 0.29) is 5.82 Å². The van der Waals surface area contributed by atoms with E-state index in [2.05, 4.69) is 27.8 Å². The molecule has 1 aromatic carbocycles. The van der Waals surface area contributed by atoms with Gasteiger partial charge in [-0.3, -0.25) is 4.90 Å². The maximum absolute atomic E-state index is 13.6. The average molecular weight is 286 g/mol. The summed E-state index contributed by atoms with van der Waals surface area (Å²) < 4.78 is 14.5. The number of hydrogen-bond acceptors (Lipinski definition) is 1. The molecule has 0 bridgehead atoms. The van der Waals surface area contributed by atoms with Crippen molar-refractivity contribution in [1.29, 1.82) is 0 Å². The van der Waals surface area contributed by atoms with Gasteiger partial charge in [0.2, 0.25) is 0 Å². The van der Waals surface area contributed by atoms with Crippen LogP contribution in [-0.2, 0) is 6.54 Å². The number of benzene rings is 1. The molecule has 0 aromatic heterocycles. The van der Waals surface area contributed by atoms with Crippen molar-refractivity contribution in [3.63, 3.8) is 0 Å². The molecule has 16 heavy (non-hydrogen) atoms. The third-order valence-electron chi connectivity index (χ3n) is 3.15. The van der Waals surface area contributed by atoms with Crippen LogP contribution in [0.15, 0.2) is 22.7 Å². The Morgan fingerprint density at radius 3 is 3.00 bits per heavy atom. The van der Waals surface area contributed by atoms with Gasteiger partial charge in [0.15, 0.2) is 0 Å². The highest BCUT2D eigenvalue weighted by molar-refractivity contribution is 9.10. The molecule has 0 radical (unpaired) electrons. The van der Waals surface area contributed by atoms with Crippen molar-refractivity contribution in [3.8, 4) is 0 Å². The third-order valence-corrected chi connectivity index (χ3v) is 3.64. The molecule has 1 aliphatic rings. The molecule has 1 saturated heterocycles. The fourth-order valence-electron chi connectivity index (χ4n) is 2.32. The first-order valence-electron chi connectivity index (χ1n) is 5.81. The summed E-state index contributed by atoms with van der Waals surface area (Å²) in [7, 11) is 0. The lowest BCUT2D eigenvalue weighted by Crippen LogP contribution is -2.33. The van der Waals surface area contributed by atoms with Gasteiger partial charge in [0.25, 0.3) is 0 Å². The van der Waals surface area contributed by atoms with Gasteiger partial charge in [-0.05, 0) is 37.4 Å². The second-order valence-electron chi connectivity index (χ2n) is 4.72. The fourth-order valence-corrected chi connectivity index (χ4v) is 2.65. The van der Waals surface area contributed by atoms with E-state index in [1.165, 1.54) is 12.8 Å². The van der Waals surface area contributed by atoms with E-state index in [1.807, 2.05) is 12.1 Å². The Labute approximate surface area is 105 Å². The van der Waals surface area contributed by atoms with E-state index in [0.29, 0.717) is 0 Å². The average Bonchev–Trinajstić information content (AvgIpc) is 2.22. The van der Waals surface area contributed by atoms with Crippen molar-refractivity contribution in [2.24, 2.45) is 5.92 Å². The predicted molar refractivity (Wildman–Crippen MR) is 67.8 cm³/mol. The molecule has 0 spiro atoms. The lowest BCUT2D eigenvalue weighted by Gasteiger charge is -2.30. The van der Waals surface area contributed by atoms with Gasteiger partial charge >= 0.3 is 0 Å². The lowest BCUT2D eigenvalue weighted by atomic mass is 10.00. The third kappa shape index (κ3) is 3.05. The van der Waals surface area contributed by atoms with Crippen molar-refractivity contribution in [3.05, 3.63) is 34.1 Å². The number of halogens is 2. The summed E-state index contributed by atoms with van der Waals surface area (Å²) in [5.74, 6) is 0.639. The minimum absolute atomic E-state index is 0.104. The number of nitrogens with zero attached hydrogens (tertiary/aromatic N) is 1. The molecule has 0 aliphatic carbocycles. The van der Waals surface area contributed by atoms with Crippen molar-refractivity contribution < 1.29 is 4.39 Å². The molecule has 1 heterocycles. The minimum atomic E-state index is -0.104. The van der Waals surface area contributed by atoms with Crippen LogP contribution in [0.4, 0.5) is 4.39 Å². The van der Waals surface area contributed by atoms with Crippen molar-refractivity contribution in [2.45, 2.75) is 26.3 Å². The summed E-state index contributed by atoms with van der Waals surface area (Å²) in [4.78, 5) is 2.35. The number of piperidine rings is 1. The summed E-state index contributed by atoms with van der Waals surface area (Å²) in [6.45, 7) is 5.20. The van der Waals surface area contributed by atoms with E-state index >= 15 is 0 Å². The Hall–Kier alpha value is -0.410. The molecule has 1 fully saturated rings. The molecule has 0 saturated carbocycles. The van der Waals surface area contributed by atoms with Crippen molar-refractivity contribution in [1.82, 2.24) is 4.90 Å². The highest BCUT2D eigenvalue weighted by atomic mass is 79.9. The molecule has 1 atom stereocenters. The van der Waals surface area contributed by atoms with E-state index in [0.717, 1.165) is 35.6 Å². The van der Waals surface area contributed by atoms with E-state index < -0.39 is 0 Å². The summed E-state index contributed by atoms with van der Waals surface area (Å²) in [5, 5.41) is 0. The summed E-state index contributed by atoms with van der Waals surface area (Å²) in [5.41, 5.74) is 0.803. The van der Waals surface area contributed by atoms with Gasteiger partial charge in [0.05, 0.1) is 0 Å². The molecule has 0 unspecified atom stereocenters. The lowest BCUT2D eigenvalue weighted by molar-refractivity contribution is 0.175. The summed E-state index contributed by atoms with van der Waals surface area (Å²) in [6, 6.07) is 5.33. The molecular weight excluding hydrogens is 269 g/mol. The smallest absolute Gasteiger partial charge is 0.128 e. The van der Waals surface area contributed by atoms with E-state index in [4.69, 9.17) is 0 Å². The van der Waals surface area contributed by atoms with E-state index in [1.54, 1.807) is 6.07 Å². The highest BCUT2D eigenvalue weighted by Crippen LogP contribution is 2.20. The van der Waals surface area contributed by atoms with E-state index in [9.17, 15) is 4.39 Å². The van der Waals surface area contributed by atoms with Crippen LogP contribution in [-0.4, -0.2) is 18.0 Å². The minimum Gasteiger partial charge on any atom is -0.299 e. The number of rotatable bonds is 2. The van der Waals surface area contributed by atoms with Gasteiger partial charge in [-0.1, -0.05) is 28.9 Å². The second kappa shape index (κ2) is 5.28. The van der Waals surface area contributed by atoms with Gasteiger partial charge in [0, 0.05) is 23.1 Å². The molecule has 0 amide bonds. The van der Waals surface area contributed by atoms with Gasteiger partial charge in [-0.2, -0.15) is 0 Å². The molecule has 1 nitrogen and oxygen atoms in total. The Morgan fingerprint density at radius 2 is 2.31 bits per heavy atom. The van der Waals surface area contributed by atoms with Gasteiger partial charge in [-0.15, -0.1) is 0 Å². The molecule has 3 heteroatoms. The first kappa shape index (κ1) is 12.1. The van der Waals surface area contributed by atoms with Crippen LogP contribution in [0.2, 0.25) is 0 Å². The Balaban J connectivity index is 2.02. The molecule has 0 N–H and O–H groups in total. The quantitative estimate of drug-likeness (QED) is 0.799. The van der Waals surface area contributed by atoms with Crippen LogP contribution < -0.4 is 0 Å². The van der Waals surface area contributed by atoms with Crippen LogP contribution in [0, 0.1) is 11.7 Å². The van der Waals surface area contributed by atoms with Crippen molar-refractivity contribution in [2.75, 3.05) is 13.1 Å². The molecule has 2 rings (SSSR count). The monoisotopic (exact) mass is 285 g/mol. The van der Waals surface area contributed by atoms with Gasteiger partial charge < -0.3 is 0 Å². The maximum Gasteiger partial charge on any atom is 0.128 e. The van der Waals surface area contributed by atoms with Crippen molar-refractivity contribution >= 4 is 15.9 Å². The topological polar surface area (TPSA) is 3.24 Å². The molecule has 1 aliphatic heterocycles.